The van der Waals surface area contributed by atoms with Crippen molar-refractivity contribution in [1.82, 2.24) is 25.6 Å². The molecule has 6 nitrogen and oxygen atoms in total. The van der Waals surface area contributed by atoms with Crippen molar-refractivity contribution >= 4 is 5.91 Å². The Kier molecular flexibility index (Phi) is 4.84. The first kappa shape index (κ1) is 14.6. The van der Waals surface area contributed by atoms with E-state index in [0.717, 1.165) is 5.69 Å². The monoisotopic (exact) mass is 253 g/mol. The highest BCUT2D eigenvalue weighted by molar-refractivity contribution is 5.75. The third-order valence-corrected chi connectivity index (χ3v) is 2.68. The lowest BCUT2D eigenvalue weighted by molar-refractivity contribution is -0.120. The van der Waals surface area contributed by atoms with Crippen molar-refractivity contribution in [3.8, 4) is 0 Å². The summed E-state index contributed by atoms with van der Waals surface area (Å²) in [5, 5.41) is 14.2. The minimum Gasteiger partial charge on any atom is -0.359 e. The molecule has 18 heavy (non-hydrogen) atoms. The van der Waals surface area contributed by atoms with Crippen LogP contribution in [0.1, 0.15) is 39.8 Å². The molecule has 1 aromatic rings. The van der Waals surface area contributed by atoms with Gasteiger partial charge < -0.3 is 10.6 Å². The molecular formula is C12H23N5O. The van der Waals surface area contributed by atoms with E-state index in [1.807, 2.05) is 6.20 Å². The third kappa shape index (κ3) is 4.10. The molecule has 0 aromatic carbocycles. The minimum absolute atomic E-state index is 0.00613. The van der Waals surface area contributed by atoms with Gasteiger partial charge >= 0.3 is 0 Å². The maximum absolute atomic E-state index is 11.1. The Morgan fingerprint density at radius 2 is 2.17 bits per heavy atom. The van der Waals surface area contributed by atoms with E-state index in [0.29, 0.717) is 19.0 Å². The van der Waals surface area contributed by atoms with Crippen molar-refractivity contribution < 1.29 is 4.79 Å². The van der Waals surface area contributed by atoms with Gasteiger partial charge in [0.2, 0.25) is 5.91 Å². The van der Waals surface area contributed by atoms with Gasteiger partial charge in [0.25, 0.3) is 0 Å². The van der Waals surface area contributed by atoms with Crippen molar-refractivity contribution in [1.29, 1.82) is 0 Å². The second-order valence-electron chi connectivity index (χ2n) is 5.21. The number of hydrogen-bond donors (Lipinski definition) is 2. The van der Waals surface area contributed by atoms with Crippen LogP contribution in [0.4, 0.5) is 0 Å². The summed E-state index contributed by atoms with van der Waals surface area (Å²) in [6, 6.07) is 0.371. The van der Waals surface area contributed by atoms with Gasteiger partial charge in [-0.25, -0.2) is 0 Å². The standard InChI is InChI=1S/C12H23N5O/c1-9(2)14-12(3,4)10-8-17(16-15-10)7-6-11(18)13-5/h8-9,14H,6-7H2,1-5H3,(H,13,18). The molecule has 0 atom stereocenters. The molecule has 6 heteroatoms. The summed E-state index contributed by atoms with van der Waals surface area (Å²) < 4.78 is 1.70. The van der Waals surface area contributed by atoms with Gasteiger partial charge in [0, 0.05) is 19.5 Å². The van der Waals surface area contributed by atoms with Crippen LogP contribution in [-0.2, 0) is 16.9 Å². The number of aromatic nitrogens is 3. The Balaban J connectivity index is 2.65. The highest BCUT2D eigenvalue weighted by atomic mass is 16.1. The summed E-state index contributed by atoms with van der Waals surface area (Å²) in [7, 11) is 1.63. The van der Waals surface area contributed by atoms with Gasteiger partial charge in [-0.05, 0) is 13.8 Å². The minimum atomic E-state index is -0.223. The van der Waals surface area contributed by atoms with Crippen LogP contribution in [-0.4, -0.2) is 34.0 Å². The molecule has 2 N–H and O–H groups in total. The first-order chi connectivity index (χ1) is 8.35. The number of hydrogen-bond acceptors (Lipinski definition) is 4. The number of nitrogens with one attached hydrogen (secondary N) is 2. The predicted octanol–water partition coefficient (Wildman–Crippen LogP) is 0.647. The molecule has 0 aliphatic carbocycles. The van der Waals surface area contributed by atoms with Crippen LogP contribution in [0.25, 0.3) is 0 Å². The molecule has 0 fully saturated rings. The second-order valence-corrected chi connectivity index (χ2v) is 5.21. The zero-order valence-corrected chi connectivity index (χ0v) is 11.8. The number of carbonyl (C=O) groups excluding carboxylic acids is 1. The van der Waals surface area contributed by atoms with Crippen LogP contribution < -0.4 is 10.6 Å². The molecule has 0 saturated heterocycles. The van der Waals surface area contributed by atoms with Crippen molar-refractivity contribution in [2.75, 3.05) is 7.05 Å². The van der Waals surface area contributed by atoms with E-state index in [4.69, 9.17) is 0 Å². The van der Waals surface area contributed by atoms with E-state index in [-0.39, 0.29) is 11.4 Å². The molecule has 1 amide bonds. The molecule has 0 aliphatic heterocycles. The van der Waals surface area contributed by atoms with Crippen LogP contribution in [0.3, 0.4) is 0 Å². The van der Waals surface area contributed by atoms with Crippen molar-refractivity contribution in [2.45, 2.75) is 52.2 Å². The quantitative estimate of drug-likeness (QED) is 0.780. The van der Waals surface area contributed by atoms with Gasteiger partial charge in [0.1, 0.15) is 5.69 Å². The molecular weight excluding hydrogens is 230 g/mol. The molecule has 0 aliphatic rings. The molecule has 0 spiro atoms. The lowest BCUT2D eigenvalue weighted by Crippen LogP contribution is -2.41. The predicted molar refractivity (Wildman–Crippen MR) is 70.0 cm³/mol. The van der Waals surface area contributed by atoms with Gasteiger partial charge in [0.15, 0.2) is 0 Å². The molecule has 1 heterocycles. The average molecular weight is 253 g/mol. The van der Waals surface area contributed by atoms with E-state index in [1.165, 1.54) is 0 Å². The Morgan fingerprint density at radius 3 is 2.72 bits per heavy atom. The second kappa shape index (κ2) is 5.95. The third-order valence-electron chi connectivity index (χ3n) is 2.68. The summed E-state index contributed by atoms with van der Waals surface area (Å²) >= 11 is 0. The molecule has 0 bridgehead atoms. The van der Waals surface area contributed by atoms with Crippen molar-refractivity contribution in [3.63, 3.8) is 0 Å². The molecule has 0 unspecified atom stereocenters. The van der Waals surface area contributed by atoms with Crippen LogP contribution in [0.2, 0.25) is 0 Å². The average Bonchev–Trinajstić information content (AvgIpc) is 2.73. The lowest BCUT2D eigenvalue weighted by Gasteiger charge is -2.26. The van der Waals surface area contributed by atoms with Crippen molar-refractivity contribution in [2.24, 2.45) is 0 Å². The van der Waals surface area contributed by atoms with Gasteiger partial charge in [-0.15, -0.1) is 5.10 Å². The smallest absolute Gasteiger partial charge is 0.221 e. The maximum atomic E-state index is 11.1. The Labute approximate surface area is 108 Å². The fraction of sp³-hybridized carbons (Fsp3) is 0.750. The fourth-order valence-corrected chi connectivity index (χ4v) is 1.83. The van der Waals surface area contributed by atoms with Crippen LogP contribution >= 0.6 is 0 Å². The SMILES string of the molecule is CNC(=O)CCn1cc(C(C)(C)NC(C)C)nn1. The topological polar surface area (TPSA) is 71.8 Å². The number of amides is 1. The number of carbonyl (C=O) groups is 1. The first-order valence-electron chi connectivity index (χ1n) is 6.24. The zero-order chi connectivity index (χ0) is 13.8. The first-order valence-corrected chi connectivity index (χ1v) is 6.24. The molecule has 1 aromatic heterocycles. The van der Waals surface area contributed by atoms with Gasteiger partial charge in [-0.3, -0.25) is 9.48 Å². The number of rotatable bonds is 6. The van der Waals surface area contributed by atoms with Gasteiger partial charge in [-0.1, -0.05) is 19.1 Å². The van der Waals surface area contributed by atoms with E-state index in [2.05, 4.69) is 48.6 Å². The highest BCUT2D eigenvalue weighted by Crippen LogP contribution is 2.17. The molecule has 1 rings (SSSR count). The lowest BCUT2D eigenvalue weighted by atomic mass is 10.0. The Hall–Kier alpha value is -1.43. The molecule has 0 saturated carbocycles. The summed E-state index contributed by atoms with van der Waals surface area (Å²) in [5.74, 6) is 0.00613. The number of aryl methyl sites for hydroxylation is 1. The summed E-state index contributed by atoms with van der Waals surface area (Å²) in [4.78, 5) is 11.1. The largest absolute Gasteiger partial charge is 0.359 e. The van der Waals surface area contributed by atoms with Gasteiger partial charge in [0.05, 0.1) is 18.3 Å². The Morgan fingerprint density at radius 1 is 1.50 bits per heavy atom. The zero-order valence-electron chi connectivity index (χ0n) is 11.8. The molecule has 102 valence electrons. The molecule has 0 radical (unpaired) electrons. The summed E-state index contributed by atoms with van der Waals surface area (Å²) in [6.07, 6.45) is 2.30. The van der Waals surface area contributed by atoms with Crippen LogP contribution in [0.15, 0.2) is 6.20 Å². The van der Waals surface area contributed by atoms with Crippen molar-refractivity contribution in [3.05, 3.63) is 11.9 Å². The van der Waals surface area contributed by atoms with Crippen LogP contribution in [0.5, 0.6) is 0 Å². The maximum Gasteiger partial charge on any atom is 0.221 e. The number of nitrogens with zero attached hydrogens (tertiary/aromatic N) is 3. The van der Waals surface area contributed by atoms with E-state index in [1.54, 1.807) is 11.7 Å². The van der Waals surface area contributed by atoms with E-state index in [9.17, 15) is 4.79 Å². The fourth-order valence-electron chi connectivity index (χ4n) is 1.83. The summed E-state index contributed by atoms with van der Waals surface area (Å²) in [6.45, 7) is 8.88. The Bertz CT molecular complexity index is 397. The van der Waals surface area contributed by atoms with Gasteiger partial charge in [-0.2, -0.15) is 0 Å². The van der Waals surface area contributed by atoms with Crippen LogP contribution in [0, 0.1) is 0 Å². The summed E-state index contributed by atoms with van der Waals surface area (Å²) in [5.41, 5.74) is 0.660. The van der Waals surface area contributed by atoms with E-state index < -0.39 is 0 Å². The highest BCUT2D eigenvalue weighted by Gasteiger charge is 2.24. The van der Waals surface area contributed by atoms with E-state index >= 15 is 0 Å². The normalized spacial score (nSPS) is 11.9.